The van der Waals surface area contributed by atoms with Gasteiger partial charge < -0.3 is 5.11 Å². The standard InChI is InChI=1S/C20H15ClN2O2S.C5H10O2/c21-18-8-9-19-17(14-18)10-12-23(19)26(24,25)13-3-7-16-5-1-4-15-6-2-11-22-20(15)16;1-3-4(2)5(6)7/h1-12,14H,13H2;4H,3H2,1-2H3,(H,6,7). The normalized spacial score (nSPS) is 12.6. The van der Waals surface area contributed by atoms with Gasteiger partial charge in [-0.3, -0.25) is 9.78 Å². The van der Waals surface area contributed by atoms with Crippen LogP contribution in [0.3, 0.4) is 0 Å². The van der Waals surface area contributed by atoms with Crippen LogP contribution in [0, 0.1) is 5.92 Å². The maximum absolute atomic E-state index is 12.7. The van der Waals surface area contributed by atoms with E-state index < -0.39 is 16.0 Å². The van der Waals surface area contributed by atoms with E-state index in [1.807, 2.05) is 37.3 Å². The van der Waals surface area contributed by atoms with Gasteiger partial charge in [0.15, 0.2) is 0 Å². The molecule has 0 aliphatic rings. The van der Waals surface area contributed by atoms with Crippen molar-refractivity contribution in [1.82, 2.24) is 8.96 Å². The maximum Gasteiger partial charge on any atom is 0.306 e. The van der Waals surface area contributed by atoms with Gasteiger partial charge in [-0.15, -0.1) is 0 Å². The van der Waals surface area contributed by atoms with Crippen molar-refractivity contribution in [3.63, 3.8) is 0 Å². The number of pyridine rings is 1. The second-order valence-corrected chi connectivity index (χ2v) is 9.89. The lowest BCUT2D eigenvalue weighted by Crippen LogP contribution is -2.14. The highest BCUT2D eigenvalue weighted by Gasteiger charge is 2.14. The molecule has 1 N–H and O–H groups in total. The zero-order valence-electron chi connectivity index (χ0n) is 18.3. The summed E-state index contributed by atoms with van der Waals surface area (Å²) < 4.78 is 26.7. The highest BCUT2D eigenvalue weighted by molar-refractivity contribution is 7.90. The van der Waals surface area contributed by atoms with Gasteiger partial charge in [-0.05, 0) is 36.8 Å². The Kier molecular flexibility index (Phi) is 7.89. The molecule has 2 aromatic heterocycles. The van der Waals surface area contributed by atoms with Crippen LogP contribution in [0.25, 0.3) is 27.9 Å². The Morgan fingerprint density at radius 2 is 1.91 bits per heavy atom. The van der Waals surface area contributed by atoms with Gasteiger partial charge in [-0.2, -0.15) is 0 Å². The lowest BCUT2D eigenvalue weighted by atomic mass is 10.1. The van der Waals surface area contributed by atoms with Gasteiger partial charge in [0.05, 0.1) is 22.7 Å². The van der Waals surface area contributed by atoms with Gasteiger partial charge in [-0.25, -0.2) is 12.4 Å². The van der Waals surface area contributed by atoms with Crippen LogP contribution in [0.2, 0.25) is 5.02 Å². The zero-order valence-corrected chi connectivity index (χ0v) is 19.9. The molecule has 172 valence electrons. The summed E-state index contributed by atoms with van der Waals surface area (Å²) in [6.07, 6.45) is 7.46. The van der Waals surface area contributed by atoms with Crippen LogP contribution in [0.5, 0.6) is 0 Å². The Balaban J connectivity index is 0.000000383. The van der Waals surface area contributed by atoms with E-state index in [-0.39, 0.29) is 11.7 Å². The predicted octanol–water partition coefficient (Wildman–Crippen LogP) is 5.85. The molecule has 0 spiro atoms. The van der Waals surface area contributed by atoms with Crippen molar-refractivity contribution in [2.75, 3.05) is 5.75 Å². The van der Waals surface area contributed by atoms with Crippen LogP contribution in [0.15, 0.2) is 73.1 Å². The van der Waals surface area contributed by atoms with Crippen molar-refractivity contribution in [1.29, 1.82) is 0 Å². The van der Waals surface area contributed by atoms with E-state index in [2.05, 4.69) is 4.98 Å². The first kappa shape index (κ1) is 24.5. The molecule has 2 aromatic carbocycles. The third kappa shape index (κ3) is 6.00. The lowest BCUT2D eigenvalue weighted by molar-refractivity contribution is -0.141. The Hall–Kier alpha value is -3.16. The number of hydrogen-bond acceptors (Lipinski definition) is 4. The van der Waals surface area contributed by atoms with Crippen LogP contribution in [0.1, 0.15) is 25.8 Å². The molecule has 0 aliphatic carbocycles. The second kappa shape index (κ2) is 10.6. The number of fused-ring (bicyclic) bond motifs is 2. The smallest absolute Gasteiger partial charge is 0.306 e. The average molecular weight is 485 g/mol. The number of carbonyl (C=O) groups is 1. The highest BCUT2D eigenvalue weighted by Crippen LogP contribution is 2.22. The molecule has 33 heavy (non-hydrogen) atoms. The fraction of sp³-hybridized carbons (Fsp3) is 0.200. The van der Waals surface area contributed by atoms with Crippen molar-refractivity contribution < 1.29 is 18.3 Å². The fourth-order valence-corrected chi connectivity index (χ4v) is 4.54. The van der Waals surface area contributed by atoms with E-state index in [4.69, 9.17) is 16.7 Å². The first-order valence-electron chi connectivity index (χ1n) is 10.5. The molecule has 8 heteroatoms. The van der Waals surface area contributed by atoms with Gasteiger partial charge in [0.25, 0.3) is 0 Å². The number of rotatable bonds is 6. The molecule has 1 unspecified atom stereocenters. The van der Waals surface area contributed by atoms with E-state index in [9.17, 15) is 13.2 Å². The van der Waals surface area contributed by atoms with Crippen molar-refractivity contribution in [3.05, 3.63) is 83.7 Å². The minimum atomic E-state index is -3.51. The molecular weight excluding hydrogens is 460 g/mol. The number of halogens is 1. The van der Waals surface area contributed by atoms with Crippen molar-refractivity contribution in [2.45, 2.75) is 20.3 Å². The van der Waals surface area contributed by atoms with Crippen LogP contribution in [-0.2, 0) is 14.8 Å². The number of aliphatic carboxylic acids is 1. The summed E-state index contributed by atoms with van der Waals surface area (Å²) >= 11 is 5.97. The van der Waals surface area contributed by atoms with Gasteiger partial charge in [0, 0.05) is 33.8 Å². The Bertz CT molecular complexity index is 1410. The Labute approximate surface area is 198 Å². The van der Waals surface area contributed by atoms with E-state index in [0.29, 0.717) is 10.5 Å². The number of carboxylic acids is 1. The van der Waals surface area contributed by atoms with Gasteiger partial charge in [0.1, 0.15) is 0 Å². The molecule has 1 atom stereocenters. The van der Waals surface area contributed by atoms with Crippen LogP contribution >= 0.6 is 11.6 Å². The maximum atomic E-state index is 12.7. The number of para-hydroxylation sites is 1. The quantitative estimate of drug-likeness (QED) is 0.370. The summed E-state index contributed by atoms with van der Waals surface area (Å²) in [6, 6.07) is 16.6. The fourth-order valence-electron chi connectivity index (χ4n) is 3.14. The summed E-state index contributed by atoms with van der Waals surface area (Å²) in [4.78, 5) is 14.3. The van der Waals surface area contributed by atoms with E-state index in [1.165, 1.54) is 3.97 Å². The Morgan fingerprint density at radius 1 is 1.15 bits per heavy atom. The number of hydrogen-bond donors (Lipinski definition) is 1. The topological polar surface area (TPSA) is 89.3 Å². The van der Waals surface area contributed by atoms with Crippen LogP contribution in [-0.4, -0.2) is 34.2 Å². The highest BCUT2D eigenvalue weighted by atomic mass is 35.5. The van der Waals surface area contributed by atoms with Crippen molar-refractivity contribution in [3.8, 4) is 0 Å². The molecule has 4 aromatic rings. The van der Waals surface area contributed by atoms with Crippen LogP contribution < -0.4 is 0 Å². The molecule has 2 heterocycles. The third-order valence-electron chi connectivity index (χ3n) is 5.22. The molecule has 0 fully saturated rings. The van der Waals surface area contributed by atoms with Gasteiger partial charge >= 0.3 is 5.97 Å². The summed E-state index contributed by atoms with van der Waals surface area (Å²) in [5.41, 5.74) is 2.36. The molecule has 0 radical (unpaired) electrons. The largest absolute Gasteiger partial charge is 0.481 e. The molecular formula is C25H25ClN2O4S. The zero-order chi connectivity index (χ0) is 24.0. The monoisotopic (exact) mass is 484 g/mol. The Morgan fingerprint density at radius 3 is 2.61 bits per heavy atom. The molecule has 0 bridgehead atoms. The summed E-state index contributed by atoms with van der Waals surface area (Å²) in [5, 5.41) is 10.6. The number of nitrogens with zero attached hydrogens (tertiary/aromatic N) is 2. The third-order valence-corrected chi connectivity index (χ3v) is 6.98. The molecule has 4 rings (SSSR count). The average Bonchev–Trinajstić information content (AvgIpc) is 3.23. The minimum absolute atomic E-state index is 0.109. The van der Waals surface area contributed by atoms with E-state index >= 15 is 0 Å². The van der Waals surface area contributed by atoms with Crippen molar-refractivity contribution in [2.24, 2.45) is 5.92 Å². The first-order valence-corrected chi connectivity index (χ1v) is 12.4. The van der Waals surface area contributed by atoms with Crippen molar-refractivity contribution >= 4 is 55.5 Å². The molecule has 6 nitrogen and oxygen atoms in total. The summed E-state index contributed by atoms with van der Waals surface area (Å²) in [7, 11) is -3.51. The van der Waals surface area contributed by atoms with Gasteiger partial charge in [-0.1, -0.05) is 61.9 Å². The minimum Gasteiger partial charge on any atom is -0.481 e. The molecule has 0 saturated carbocycles. The first-order chi connectivity index (χ1) is 15.7. The summed E-state index contributed by atoms with van der Waals surface area (Å²) in [5.74, 6) is -0.995. The van der Waals surface area contributed by atoms with E-state index in [0.717, 1.165) is 28.3 Å². The molecule has 0 saturated heterocycles. The number of carboxylic acid groups (broad SMARTS) is 1. The second-order valence-electron chi connectivity index (χ2n) is 7.57. The van der Waals surface area contributed by atoms with Gasteiger partial charge in [0.2, 0.25) is 10.0 Å². The number of aromatic nitrogens is 2. The lowest BCUT2D eigenvalue weighted by Gasteiger charge is -2.05. The summed E-state index contributed by atoms with van der Waals surface area (Å²) in [6.45, 7) is 3.56. The number of benzene rings is 2. The predicted molar refractivity (Wildman–Crippen MR) is 134 cm³/mol. The molecule has 0 amide bonds. The van der Waals surface area contributed by atoms with E-state index in [1.54, 1.807) is 55.7 Å². The molecule has 0 aliphatic heterocycles. The SMILES string of the molecule is CCC(C)C(=O)O.O=S(=O)(CC=Cc1cccc2cccnc12)n1ccc2cc(Cl)ccc21. The van der Waals surface area contributed by atoms with Crippen LogP contribution in [0.4, 0.5) is 0 Å².